The van der Waals surface area contributed by atoms with E-state index < -0.39 is 0 Å². The Kier molecular flexibility index (Phi) is 7.98. The molecular formula is C29H34N2O5. The molecule has 1 saturated heterocycles. The third kappa shape index (κ3) is 5.40. The predicted molar refractivity (Wildman–Crippen MR) is 141 cm³/mol. The van der Waals surface area contributed by atoms with E-state index in [0.717, 1.165) is 63.9 Å². The van der Waals surface area contributed by atoms with E-state index in [1.54, 1.807) is 19.4 Å². The number of benzene rings is 2. The third-order valence-corrected chi connectivity index (χ3v) is 6.56. The zero-order valence-corrected chi connectivity index (χ0v) is 21.5. The number of carbonyl (C=O) groups excluding carboxylic acids is 2. The quantitative estimate of drug-likeness (QED) is 0.306. The van der Waals surface area contributed by atoms with Crippen molar-refractivity contribution in [1.29, 1.82) is 0 Å². The summed E-state index contributed by atoms with van der Waals surface area (Å²) in [6.45, 7) is 8.34. The van der Waals surface area contributed by atoms with Crippen molar-refractivity contribution in [3.63, 3.8) is 0 Å². The Hall–Kier alpha value is -3.74. The van der Waals surface area contributed by atoms with Crippen LogP contribution in [0.3, 0.4) is 0 Å². The first-order valence-electron chi connectivity index (χ1n) is 12.5. The van der Waals surface area contributed by atoms with Crippen LogP contribution in [-0.4, -0.2) is 50.1 Å². The highest BCUT2D eigenvalue weighted by atomic mass is 16.5. The number of allylic oxidation sites excluding steroid dienone is 1. The average Bonchev–Trinajstić information content (AvgIpc) is 3.49. The summed E-state index contributed by atoms with van der Waals surface area (Å²) in [5, 5.41) is 3.89. The Morgan fingerprint density at radius 3 is 2.83 bits per heavy atom. The number of nitrogens with one attached hydrogen (secondary N) is 1. The molecule has 2 aromatic carbocycles. The molecule has 0 spiro atoms. The van der Waals surface area contributed by atoms with Crippen molar-refractivity contribution in [2.45, 2.75) is 40.0 Å². The molecule has 4 rings (SSSR count). The van der Waals surface area contributed by atoms with Gasteiger partial charge in [-0.2, -0.15) is 0 Å². The number of likely N-dealkylation sites (tertiary alicyclic amines) is 1. The van der Waals surface area contributed by atoms with Gasteiger partial charge in [0.2, 0.25) is 11.8 Å². The van der Waals surface area contributed by atoms with Gasteiger partial charge in [0.15, 0.2) is 0 Å². The number of fused-ring (bicyclic) bond motifs is 1. The Bertz CT molecular complexity index is 1290. The molecular weight excluding hydrogens is 456 g/mol. The number of carbonyl (C=O) groups is 2. The second-order valence-corrected chi connectivity index (χ2v) is 9.03. The van der Waals surface area contributed by atoms with Crippen LogP contribution in [0.25, 0.3) is 27.7 Å². The summed E-state index contributed by atoms with van der Waals surface area (Å²) >= 11 is 0. The maximum Gasteiger partial charge on any atom is 0.244 e. The number of ether oxygens (including phenoxy) is 2. The molecule has 1 aliphatic heterocycles. The van der Waals surface area contributed by atoms with Crippen LogP contribution in [0.1, 0.15) is 44.2 Å². The van der Waals surface area contributed by atoms with Gasteiger partial charge in [-0.05, 0) is 62.9 Å². The molecule has 0 bridgehead atoms. The zero-order valence-electron chi connectivity index (χ0n) is 21.5. The van der Waals surface area contributed by atoms with E-state index in [-0.39, 0.29) is 11.8 Å². The van der Waals surface area contributed by atoms with Crippen molar-refractivity contribution in [1.82, 2.24) is 10.2 Å². The van der Waals surface area contributed by atoms with Gasteiger partial charge in [-0.15, -0.1) is 0 Å². The lowest BCUT2D eigenvalue weighted by Gasteiger charge is -2.16. The molecule has 1 N–H and O–H groups in total. The molecule has 1 aliphatic rings. The fourth-order valence-electron chi connectivity index (χ4n) is 4.70. The van der Waals surface area contributed by atoms with Crippen LogP contribution in [0.2, 0.25) is 0 Å². The van der Waals surface area contributed by atoms with Gasteiger partial charge < -0.3 is 24.1 Å². The van der Waals surface area contributed by atoms with Gasteiger partial charge in [-0.3, -0.25) is 9.59 Å². The number of rotatable bonds is 10. The largest absolute Gasteiger partial charge is 0.497 e. The van der Waals surface area contributed by atoms with Crippen molar-refractivity contribution in [3.05, 3.63) is 53.8 Å². The lowest BCUT2D eigenvalue weighted by molar-refractivity contribution is -0.127. The lowest BCUT2D eigenvalue weighted by atomic mass is 9.96. The van der Waals surface area contributed by atoms with E-state index in [9.17, 15) is 9.59 Å². The summed E-state index contributed by atoms with van der Waals surface area (Å²) in [6, 6.07) is 9.88. The molecule has 190 valence electrons. The minimum Gasteiger partial charge on any atom is -0.497 e. The van der Waals surface area contributed by atoms with Gasteiger partial charge in [0.1, 0.15) is 17.1 Å². The molecule has 7 nitrogen and oxygen atoms in total. The Morgan fingerprint density at radius 2 is 2.11 bits per heavy atom. The second kappa shape index (κ2) is 11.3. The van der Waals surface area contributed by atoms with Crippen LogP contribution in [0.4, 0.5) is 0 Å². The van der Waals surface area contributed by atoms with E-state index >= 15 is 0 Å². The number of nitrogens with zero attached hydrogens (tertiary/aromatic N) is 1. The molecule has 0 aliphatic carbocycles. The Balaban J connectivity index is 1.58. The molecule has 0 radical (unpaired) electrons. The number of furan rings is 1. The summed E-state index contributed by atoms with van der Waals surface area (Å²) in [6.07, 6.45) is 5.66. The van der Waals surface area contributed by atoms with Gasteiger partial charge in [-0.1, -0.05) is 12.1 Å². The van der Waals surface area contributed by atoms with Gasteiger partial charge in [0.05, 0.1) is 20.0 Å². The first kappa shape index (κ1) is 25.4. The SMILES string of the molecule is CCOc1c(/C(C)=C/C(=O)NCCCN2CCCC2=O)cc2c(-c3cccc(OC)c3)coc2c1C. The van der Waals surface area contributed by atoms with Gasteiger partial charge in [-0.25, -0.2) is 0 Å². The number of amides is 2. The van der Waals surface area contributed by atoms with E-state index in [0.29, 0.717) is 31.9 Å². The standard InChI is InChI=1S/C29H34N2O5/c1-5-35-28-20(3)29-24(25(18-36-29)21-9-6-10-22(16-21)34-4)17-23(28)19(2)15-26(32)30-12-8-14-31-13-7-11-27(31)33/h6,9-10,15-18H,5,7-8,11-14H2,1-4H3,(H,30,32)/b19-15+. The minimum absolute atomic E-state index is 0.166. The number of aryl methyl sites for hydroxylation is 1. The molecule has 1 aromatic heterocycles. The molecule has 2 amide bonds. The summed E-state index contributed by atoms with van der Waals surface area (Å²) in [7, 11) is 1.65. The van der Waals surface area contributed by atoms with Gasteiger partial charge in [0.25, 0.3) is 0 Å². The van der Waals surface area contributed by atoms with Crippen molar-refractivity contribution in [2.24, 2.45) is 0 Å². The minimum atomic E-state index is -0.166. The third-order valence-electron chi connectivity index (χ3n) is 6.56. The predicted octanol–water partition coefficient (Wildman–Crippen LogP) is 5.35. The van der Waals surface area contributed by atoms with Crippen LogP contribution in [0, 0.1) is 6.92 Å². The summed E-state index contributed by atoms with van der Waals surface area (Å²) in [5.41, 5.74) is 5.23. The fourth-order valence-corrected chi connectivity index (χ4v) is 4.70. The van der Waals surface area contributed by atoms with E-state index in [2.05, 4.69) is 5.32 Å². The normalized spacial score (nSPS) is 13.9. The van der Waals surface area contributed by atoms with E-state index in [4.69, 9.17) is 13.9 Å². The van der Waals surface area contributed by atoms with Gasteiger partial charge >= 0.3 is 0 Å². The van der Waals surface area contributed by atoms with Crippen LogP contribution >= 0.6 is 0 Å². The number of methoxy groups -OCH3 is 1. The Morgan fingerprint density at radius 1 is 1.28 bits per heavy atom. The lowest BCUT2D eigenvalue weighted by Crippen LogP contribution is -2.30. The molecule has 0 atom stereocenters. The fraction of sp³-hybridized carbons (Fsp3) is 0.379. The highest BCUT2D eigenvalue weighted by Crippen LogP contribution is 2.41. The first-order valence-corrected chi connectivity index (χ1v) is 12.5. The second-order valence-electron chi connectivity index (χ2n) is 9.03. The van der Waals surface area contributed by atoms with Crippen molar-refractivity contribution in [2.75, 3.05) is 33.4 Å². The smallest absolute Gasteiger partial charge is 0.244 e. The van der Waals surface area contributed by atoms with Gasteiger partial charge in [0, 0.05) is 54.2 Å². The van der Waals surface area contributed by atoms with Crippen molar-refractivity contribution < 1.29 is 23.5 Å². The van der Waals surface area contributed by atoms with Crippen molar-refractivity contribution in [3.8, 4) is 22.6 Å². The summed E-state index contributed by atoms with van der Waals surface area (Å²) in [4.78, 5) is 26.3. The molecule has 7 heteroatoms. The molecule has 3 aromatic rings. The first-order chi connectivity index (χ1) is 17.4. The maximum atomic E-state index is 12.7. The average molecular weight is 491 g/mol. The maximum absolute atomic E-state index is 12.7. The number of hydrogen-bond donors (Lipinski definition) is 1. The summed E-state index contributed by atoms with van der Waals surface area (Å²) < 4.78 is 17.4. The van der Waals surface area contributed by atoms with E-state index in [1.807, 2.05) is 56.0 Å². The van der Waals surface area contributed by atoms with Crippen LogP contribution in [0.5, 0.6) is 11.5 Å². The van der Waals surface area contributed by atoms with Crippen molar-refractivity contribution >= 4 is 28.4 Å². The monoisotopic (exact) mass is 490 g/mol. The van der Waals surface area contributed by atoms with Crippen LogP contribution in [-0.2, 0) is 9.59 Å². The molecule has 1 fully saturated rings. The highest BCUT2D eigenvalue weighted by molar-refractivity contribution is 6.01. The van der Waals surface area contributed by atoms with Crippen LogP contribution < -0.4 is 14.8 Å². The Labute approximate surface area is 212 Å². The van der Waals surface area contributed by atoms with Crippen LogP contribution in [0.15, 0.2) is 47.1 Å². The topological polar surface area (TPSA) is 81.0 Å². The molecule has 2 heterocycles. The highest BCUT2D eigenvalue weighted by Gasteiger charge is 2.20. The summed E-state index contributed by atoms with van der Waals surface area (Å²) in [5.74, 6) is 1.52. The molecule has 36 heavy (non-hydrogen) atoms. The molecule has 0 saturated carbocycles. The zero-order chi connectivity index (χ0) is 25.7. The van der Waals surface area contributed by atoms with E-state index in [1.165, 1.54) is 0 Å². The number of hydrogen-bond acceptors (Lipinski definition) is 5. The molecule has 0 unspecified atom stereocenters.